The second-order valence-corrected chi connectivity index (χ2v) is 11.6. The zero-order chi connectivity index (χ0) is 27.8. The maximum Gasteiger partial charge on any atom is 0.416 e. The van der Waals surface area contributed by atoms with Crippen LogP contribution in [0.3, 0.4) is 0 Å². The summed E-state index contributed by atoms with van der Waals surface area (Å²) in [5, 5.41) is 3.67. The molecule has 39 heavy (non-hydrogen) atoms. The molecule has 3 heterocycles. The van der Waals surface area contributed by atoms with E-state index in [1.54, 1.807) is 6.07 Å². The van der Waals surface area contributed by atoms with Crippen LogP contribution in [0.15, 0.2) is 42.6 Å². The summed E-state index contributed by atoms with van der Waals surface area (Å²) in [7, 11) is 0. The van der Waals surface area contributed by atoms with Crippen LogP contribution in [0.4, 0.5) is 13.2 Å². The lowest BCUT2D eigenvalue weighted by Gasteiger charge is -2.45. The van der Waals surface area contributed by atoms with E-state index in [-0.39, 0.29) is 17.0 Å². The molecule has 4 N–H and O–H groups in total. The lowest BCUT2D eigenvalue weighted by molar-refractivity contribution is -0.137. The number of halogens is 3. The number of fused-ring (bicyclic) bond motifs is 4. The molecule has 0 bridgehead atoms. The molecule has 1 aliphatic carbocycles. The molecule has 0 saturated carbocycles. The van der Waals surface area contributed by atoms with E-state index >= 15 is 0 Å². The van der Waals surface area contributed by atoms with Crippen molar-refractivity contribution in [1.82, 2.24) is 15.2 Å². The Hall–Kier alpha value is -2.78. The van der Waals surface area contributed by atoms with E-state index in [1.165, 1.54) is 12.1 Å². The number of rotatable bonds is 8. The van der Waals surface area contributed by atoms with Crippen molar-refractivity contribution >= 4 is 16.8 Å². The fourth-order valence-electron chi connectivity index (χ4n) is 6.96. The highest BCUT2D eigenvalue weighted by atomic mass is 19.4. The van der Waals surface area contributed by atoms with E-state index in [1.807, 2.05) is 0 Å². The van der Waals surface area contributed by atoms with Crippen LogP contribution in [0.25, 0.3) is 10.9 Å². The van der Waals surface area contributed by atoms with Crippen LogP contribution in [-0.4, -0.2) is 55.2 Å². The Morgan fingerprint density at radius 3 is 2.82 bits per heavy atom. The third-order valence-electron chi connectivity index (χ3n) is 9.32. The largest absolute Gasteiger partial charge is 0.416 e. The van der Waals surface area contributed by atoms with Crippen LogP contribution in [-0.2, 0) is 22.1 Å². The minimum atomic E-state index is -4.35. The third-order valence-corrected chi connectivity index (χ3v) is 9.32. The van der Waals surface area contributed by atoms with Gasteiger partial charge in [-0.1, -0.05) is 25.7 Å². The van der Waals surface area contributed by atoms with E-state index in [0.717, 1.165) is 87.1 Å². The van der Waals surface area contributed by atoms with Crippen LogP contribution in [0.1, 0.15) is 55.3 Å². The van der Waals surface area contributed by atoms with E-state index in [2.05, 4.69) is 40.9 Å². The quantitative estimate of drug-likeness (QED) is 0.318. The Bertz CT molecular complexity index is 1240. The van der Waals surface area contributed by atoms with Gasteiger partial charge in [0.1, 0.15) is 0 Å². The predicted molar refractivity (Wildman–Crippen MR) is 146 cm³/mol. The van der Waals surface area contributed by atoms with Gasteiger partial charge in [-0.25, -0.2) is 0 Å². The number of ether oxygens (including phenoxy) is 1. The van der Waals surface area contributed by atoms with Crippen molar-refractivity contribution in [3.8, 4) is 0 Å². The number of carbonyl (C=O) groups is 1. The number of nitrogens with two attached hydrogens (primary N) is 1. The third kappa shape index (κ3) is 5.89. The van der Waals surface area contributed by atoms with E-state index in [0.29, 0.717) is 18.4 Å². The molecule has 1 amide bonds. The normalized spacial score (nSPS) is 25.4. The van der Waals surface area contributed by atoms with Gasteiger partial charge in [0.25, 0.3) is 5.91 Å². The molecule has 212 valence electrons. The van der Waals surface area contributed by atoms with Crippen molar-refractivity contribution in [2.75, 3.05) is 39.4 Å². The van der Waals surface area contributed by atoms with Gasteiger partial charge in [0, 0.05) is 42.9 Å². The number of alkyl halides is 3. The van der Waals surface area contributed by atoms with Crippen molar-refractivity contribution in [1.29, 1.82) is 0 Å². The Morgan fingerprint density at radius 2 is 2.10 bits per heavy atom. The number of aromatic amines is 1. The summed E-state index contributed by atoms with van der Waals surface area (Å²) < 4.78 is 46.0. The number of amides is 1. The number of nitrogens with one attached hydrogen (secondary N) is 2. The first-order chi connectivity index (χ1) is 18.6. The average Bonchev–Trinajstić information content (AvgIpc) is 3.28. The van der Waals surface area contributed by atoms with Crippen molar-refractivity contribution in [3.05, 3.63) is 59.4 Å². The number of carbonyl (C=O) groups excluding carboxylic acids is 1. The molecule has 1 aromatic carbocycles. The van der Waals surface area contributed by atoms with Gasteiger partial charge in [-0.05, 0) is 92.1 Å². The van der Waals surface area contributed by atoms with Crippen LogP contribution >= 0.6 is 0 Å². The molecule has 5 rings (SSSR count). The molecule has 0 radical (unpaired) electrons. The number of primary amides is 1. The molecule has 2 aliphatic heterocycles. The van der Waals surface area contributed by atoms with E-state index in [4.69, 9.17) is 10.5 Å². The van der Waals surface area contributed by atoms with Crippen LogP contribution in [0, 0.1) is 17.3 Å². The molecule has 9 heteroatoms. The second kappa shape index (κ2) is 11.0. The van der Waals surface area contributed by atoms with Crippen LogP contribution in [0.5, 0.6) is 0 Å². The number of nitrogens with zero attached hydrogens (tertiary/aromatic N) is 1. The summed E-state index contributed by atoms with van der Waals surface area (Å²) in [6.45, 7) is 10.8. The van der Waals surface area contributed by atoms with Gasteiger partial charge >= 0.3 is 6.18 Å². The van der Waals surface area contributed by atoms with Gasteiger partial charge in [-0.15, -0.1) is 0 Å². The van der Waals surface area contributed by atoms with Gasteiger partial charge in [-0.2, -0.15) is 13.2 Å². The lowest BCUT2D eigenvalue weighted by Crippen LogP contribution is -2.46. The minimum absolute atomic E-state index is 0.0427. The number of allylic oxidation sites excluding steroid dienone is 1. The Labute approximate surface area is 227 Å². The summed E-state index contributed by atoms with van der Waals surface area (Å²) in [5.74, 6) is 0.607. The fourth-order valence-corrected chi connectivity index (χ4v) is 6.96. The smallest absolute Gasteiger partial charge is 0.381 e. The first kappa shape index (κ1) is 27.8. The minimum Gasteiger partial charge on any atom is -0.381 e. The summed E-state index contributed by atoms with van der Waals surface area (Å²) >= 11 is 0. The van der Waals surface area contributed by atoms with Crippen molar-refractivity contribution in [2.24, 2.45) is 23.0 Å². The Balaban J connectivity index is 1.26. The molecule has 3 atom stereocenters. The zero-order valence-corrected chi connectivity index (χ0v) is 22.6. The van der Waals surface area contributed by atoms with Gasteiger partial charge < -0.3 is 25.7 Å². The highest BCUT2D eigenvalue weighted by Gasteiger charge is 2.41. The summed E-state index contributed by atoms with van der Waals surface area (Å²) in [6, 6.07) is 4.09. The molecule has 1 aromatic heterocycles. The Morgan fingerprint density at radius 1 is 1.33 bits per heavy atom. The number of aromatic nitrogens is 1. The first-order valence-electron chi connectivity index (χ1n) is 14.0. The summed E-state index contributed by atoms with van der Waals surface area (Å²) in [4.78, 5) is 17.2. The van der Waals surface area contributed by atoms with Crippen molar-refractivity contribution in [2.45, 2.75) is 51.1 Å². The number of piperidine rings is 1. The first-order valence-corrected chi connectivity index (χ1v) is 14.0. The number of hydrogen-bond donors (Lipinski definition) is 3. The maximum atomic E-state index is 13.5. The molecule has 3 aliphatic rings. The van der Waals surface area contributed by atoms with Gasteiger partial charge in [0.15, 0.2) is 0 Å². The number of likely N-dealkylation sites (tertiary alicyclic amines) is 1. The molecular weight excluding hydrogens is 505 g/mol. The lowest BCUT2D eigenvalue weighted by atomic mass is 9.68. The number of H-pyrrole nitrogens is 1. The van der Waals surface area contributed by atoms with Crippen molar-refractivity contribution < 1.29 is 22.7 Å². The molecule has 0 spiro atoms. The molecule has 2 saturated heterocycles. The summed E-state index contributed by atoms with van der Waals surface area (Å²) in [5.41, 5.74) is 7.91. The van der Waals surface area contributed by atoms with Gasteiger partial charge in [-0.3, -0.25) is 4.79 Å². The molecular formula is C30H39F3N4O2. The number of hydrogen-bond acceptors (Lipinski definition) is 4. The van der Waals surface area contributed by atoms with Gasteiger partial charge in [0.05, 0.1) is 11.3 Å². The van der Waals surface area contributed by atoms with Crippen LogP contribution < -0.4 is 11.1 Å². The maximum absolute atomic E-state index is 13.5. The monoisotopic (exact) mass is 544 g/mol. The van der Waals surface area contributed by atoms with E-state index < -0.39 is 17.6 Å². The summed E-state index contributed by atoms with van der Waals surface area (Å²) in [6.07, 6.45) is 4.91. The molecule has 2 fully saturated rings. The zero-order valence-electron chi connectivity index (χ0n) is 22.6. The molecule has 6 nitrogen and oxygen atoms in total. The van der Waals surface area contributed by atoms with Gasteiger partial charge in [0.2, 0.25) is 0 Å². The SMILES string of the molecule is C=C(NC/C=C/C1(CCN2CC[C@@H]3Cc4[nH]c5ccc(C(F)(F)F)cc5c4[C@H](C)[C@H]3C2)CCOCC1)C(N)=O. The second-order valence-electron chi connectivity index (χ2n) is 11.6. The van der Waals surface area contributed by atoms with E-state index in [9.17, 15) is 18.0 Å². The Kier molecular flexibility index (Phi) is 7.84. The molecule has 2 aromatic rings. The number of benzene rings is 1. The van der Waals surface area contributed by atoms with Crippen molar-refractivity contribution in [3.63, 3.8) is 0 Å². The average molecular weight is 545 g/mol. The predicted octanol–water partition coefficient (Wildman–Crippen LogP) is 5.12. The molecule has 0 unspecified atom stereocenters. The highest BCUT2D eigenvalue weighted by molar-refractivity contribution is 5.90. The van der Waals surface area contributed by atoms with Crippen LogP contribution in [0.2, 0.25) is 0 Å². The standard InChI is InChI=1S/C30H39F3N4O2/c1-19-24-18-37(13-8-29(9-14-39-15-10-29)7-3-11-35-20(2)28(34)38)12-6-21(24)16-26-27(19)23-17-22(30(31,32)33)4-5-25(23)36-26/h3-5,7,17,19,21,24,35-36H,2,6,8-16,18H2,1H3,(H2,34,38)/b7-3+/t19-,21-,24-/m1/s1. The fraction of sp³-hybridized carbons (Fsp3) is 0.567. The highest BCUT2D eigenvalue weighted by Crippen LogP contribution is 2.47. The topological polar surface area (TPSA) is 83.4 Å².